The van der Waals surface area contributed by atoms with Crippen LogP contribution in [0, 0.1) is 11.6 Å². The number of ether oxygens (including phenoxy) is 1. The van der Waals surface area contributed by atoms with E-state index >= 15 is 0 Å². The Kier molecular flexibility index (Phi) is 5.98. The van der Waals surface area contributed by atoms with Crippen LogP contribution in [0.25, 0.3) is 0 Å². The molecule has 1 atom stereocenters. The van der Waals surface area contributed by atoms with Gasteiger partial charge in [0, 0.05) is 0 Å². The van der Waals surface area contributed by atoms with Gasteiger partial charge in [0.1, 0.15) is 29.6 Å². The quantitative estimate of drug-likeness (QED) is 0.779. The molecule has 0 radical (unpaired) electrons. The topological polar surface area (TPSA) is 59.8 Å². The second-order valence-electron chi connectivity index (χ2n) is 6.23. The van der Waals surface area contributed by atoms with Crippen molar-refractivity contribution in [3.05, 3.63) is 65.7 Å². The molecule has 1 saturated heterocycles. The first-order chi connectivity index (χ1) is 12.5. The first-order valence-corrected chi connectivity index (χ1v) is 9.88. The van der Waals surface area contributed by atoms with Crippen molar-refractivity contribution in [2.75, 3.05) is 32.8 Å². The van der Waals surface area contributed by atoms with Crippen LogP contribution in [0.3, 0.4) is 0 Å². The number of sulfonamides is 1. The standard InChI is InChI=1S/C18H20F2N2O3S/c19-15-6-7-16(20)18(12-15)26(23,24)21-17(14-4-2-1-3-5-14)13-22-8-10-25-11-9-22/h1-7,12,17,21H,8-11,13H2/p+1/t17-/m0/s1. The number of benzene rings is 2. The summed E-state index contributed by atoms with van der Waals surface area (Å²) in [5, 5.41) is 0. The SMILES string of the molecule is O=S(=O)(N[C@@H](C[NH+]1CCOCC1)c1ccccc1)c1cc(F)ccc1F. The molecule has 0 aromatic heterocycles. The molecule has 1 aliphatic rings. The van der Waals surface area contributed by atoms with Crippen LogP contribution < -0.4 is 9.62 Å². The van der Waals surface area contributed by atoms with E-state index in [4.69, 9.17) is 4.74 Å². The Morgan fingerprint density at radius 2 is 1.77 bits per heavy atom. The lowest BCUT2D eigenvalue weighted by Crippen LogP contribution is -3.14. The van der Waals surface area contributed by atoms with E-state index in [1.807, 2.05) is 30.3 Å². The van der Waals surface area contributed by atoms with Crippen molar-refractivity contribution in [1.29, 1.82) is 0 Å². The second-order valence-corrected chi connectivity index (χ2v) is 7.91. The number of quaternary nitrogens is 1. The Balaban J connectivity index is 1.87. The number of rotatable bonds is 6. The van der Waals surface area contributed by atoms with E-state index in [-0.39, 0.29) is 0 Å². The minimum Gasteiger partial charge on any atom is -0.370 e. The molecule has 2 aromatic rings. The molecule has 1 fully saturated rings. The van der Waals surface area contributed by atoms with Crippen molar-refractivity contribution in [3.8, 4) is 0 Å². The highest BCUT2D eigenvalue weighted by molar-refractivity contribution is 7.89. The Bertz CT molecular complexity index is 841. The van der Waals surface area contributed by atoms with Gasteiger partial charge in [-0.1, -0.05) is 30.3 Å². The molecule has 1 aliphatic heterocycles. The molecule has 2 N–H and O–H groups in total. The molecule has 26 heavy (non-hydrogen) atoms. The number of hydrogen-bond acceptors (Lipinski definition) is 3. The highest BCUT2D eigenvalue weighted by atomic mass is 32.2. The summed E-state index contributed by atoms with van der Waals surface area (Å²) in [5.41, 5.74) is 0.770. The van der Waals surface area contributed by atoms with Gasteiger partial charge in [-0.15, -0.1) is 0 Å². The molecule has 1 heterocycles. The number of halogens is 2. The van der Waals surface area contributed by atoms with Crippen LogP contribution in [0.5, 0.6) is 0 Å². The third-order valence-corrected chi connectivity index (χ3v) is 5.86. The van der Waals surface area contributed by atoms with Gasteiger partial charge in [-0.2, -0.15) is 4.72 Å². The largest absolute Gasteiger partial charge is 0.370 e. The maximum absolute atomic E-state index is 14.0. The van der Waals surface area contributed by atoms with Crippen LogP contribution >= 0.6 is 0 Å². The van der Waals surface area contributed by atoms with Crippen molar-refractivity contribution in [2.45, 2.75) is 10.9 Å². The van der Waals surface area contributed by atoms with Crippen LogP contribution in [-0.2, 0) is 14.8 Å². The van der Waals surface area contributed by atoms with Gasteiger partial charge in [-0.25, -0.2) is 17.2 Å². The Morgan fingerprint density at radius 3 is 2.46 bits per heavy atom. The minimum absolute atomic E-state index is 0.490. The number of hydrogen-bond donors (Lipinski definition) is 2. The lowest BCUT2D eigenvalue weighted by Gasteiger charge is -2.28. The van der Waals surface area contributed by atoms with Crippen LogP contribution in [0.2, 0.25) is 0 Å². The Morgan fingerprint density at radius 1 is 1.08 bits per heavy atom. The molecule has 0 unspecified atom stereocenters. The van der Waals surface area contributed by atoms with Crippen LogP contribution in [0.4, 0.5) is 8.78 Å². The average Bonchev–Trinajstić information content (AvgIpc) is 2.64. The van der Waals surface area contributed by atoms with E-state index in [1.165, 1.54) is 4.90 Å². The Labute approximate surface area is 151 Å². The maximum atomic E-state index is 14.0. The normalized spacial score (nSPS) is 17.2. The molecule has 140 valence electrons. The van der Waals surface area contributed by atoms with E-state index in [0.717, 1.165) is 30.8 Å². The van der Waals surface area contributed by atoms with Crippen LogP contribution in [-0.4, -0.2) is 41.3 Å². The van der Waals surface area contributed by atoms with Crippen molar-refractivity contribution in [3.63, 3.8) is 0 Å². The summed E-state index contributed by atoms with van der Waals surface area (Å²) < 4.78 is 60.6. The van der Waals surface area contributed by atoms with Crippen LogP contribution in [0.1, 0.15) is 11.6 Å². The van der Waals surface area contributed by atoms with Gasteiger partial charge in [0.2, 0.25) is 10.0 Å². The molecular formula is C18H21F2N2O3S+. The lowest BCUT2D eigenvalue weighted by molar-refractivity contribution is -0.909. The van der Waals surface area contributed by atoms with E-state index in [9.17, 15) is 17.2 Å². The highest BCUT2D eigenvalue weighted by Gasteiger charge is 2.28. The van der Waals surface area contributed by atoms with Gasteiger partial charge in [0.05, 0.1) is 25.8 Å². The van der Waals surface area contributed by atoms with Gasteiger partial charge in [0.25, 0.3) is 0 Å². The number of nitrogens with one attached hydrogen (secondary N) is 2. The summed E-state index contributed by atoms with van der Waals surface area (Å²) in [4.78, 5) is 0.503. The maximum Gasteiger partial charge on any atom is 0.244 e. The lowest BCUT2D eigenvalue weighted by atomic mass is 10.1. The van der Waals surface area contributed by atoms with Crippen LogP contribution in [0.15, 0.2) is 53.4 Å². The summed E-state index contributed by atoms with van der Waals surface area (Å²) in [6.45, 7) is 3.24. The van der Waals surface area contributed by atoms with Crippen molar-refractivity contribution in [2.24, 2.45) is 0 Å². The van der Waals surface area contributed by atoms with Crippen molar-refractivity contribution in [1.82, 2.24) is 4.72 Å². The molecule has 8 heteroatoms. The summed E-state index contributed by atoms with van der Waals surface area (Å²) in [6, 6.07) is 10.9. The van der Waals surface area contributed by atoms with Gasteiger partial charge in [0.15, 0.2) is 0 Å². The molecule has 0 spiro atoms. The first-order valence-electron chi connectivity index (χ1n) is 8.39. The van der Waals surface area contributed by atoms with E-state index in [2.05, 4.69) is 4.72 Å². The third kappa shape index (κ3) is 4.64. The molecular weight excluding hydrogens is 362 g/mol. The summed E-state index contributed by atoms with van der Waals surface area (Å²) in [7, 11) is -4.22. The zero-order chi connectivity index (χ0) is 18.6. The van der Waals surface area contributed by atoms with Gasteiger partial charge < -0.3 is 9.64 Å². The van der Waals surface area contributed by atoms with Gasteiger partial charge >= 0.3 is 0 Å². The fourth-order valence-corrected chi connectivity index (χ4v) is 4.31. The zero-order valence-electron chi connectivity index (χ0n) is 14.1. The second kappa shape index (κ2) is 8.22. The molecule has 3 rings (SSSR count). The highest BCUT2D eigenvalue weighted by Crippen LogP contribution is 2.19. The smallest absolute Gasteiger partial charge is 0.244 e. The monoisotopic (exact) mass is 383 g/mol. The first kappa shape index (κ1) is 18.9. The van der Waals surface area contributed by atoms with E-state index in [0.29, 0.717) is 25.8 Å². The van der Waals surface area contributed by atoms with Crippen molar-refractivity contribution >= 4 is 10.0 Å². The predicted molar refractivity (Wildman–Crippen MR) is 92.2 cm³/mol. The average molecular weight is 383 g/mol. The molecule has 0 saturated carbocycles. The van der Waals surface area contributed by atoms with E-state index < -0.39 is 32.6 Å². The summed E-state index contributed by atoms with van der Waals surface area (Å²) in [5.74, 6) is -1.79. The molecule has 0 aliphatic carbocycles. The van der Waals surface area contributed by atoms with Crippen molar-refractivity contribution < 1.29 is 26.8 Å². The fraction of sp³-hybridized carbons (Fsp3) is 0.333. The molecule has 0 bridgehead atoms. The summed E-state index contributed by atoms with van der Waals surface area (Å²) in [6.07, 6.45) is 0. The van der Waals surface area contributed by atoms with Gasteiger partial charge in [-0.3, -0.25) is 0 Å². The molecule has 5 nitrogen and oxygen atoms in total. The zero-order valence-corrected chi connectivity index (χ0v) is 14.9. The number of morpholine rings is 1. The van der Waals surface area contributed by atoms with E-state index in [1.54, 1.807) is 0 Å². The molecule has 0 amide bonds. The summed E-state index contributed by atoms with van der Waals surface area (Å²) >= 11 is 0. The predicted octanol–water partition coefficient (Wildman–Crippen LogP) is 0.900. The molecule has 2 aromatic carbocycles. The third-order valence-electron chi connectivity index (χ3n) is 4.37. The fourth-order valence-electron chi connectivity index (χ4n) is 3.00. The van der Waals surface area contributed by atoms with Gasteiger partial charge in [-0.05, 0) is 23.8 Å². The Hall–Kier alpha value is -1.87. The minimum atomic E-state index is -4.22.